The van der Waals surface area contributed by atoms with Gasteiger partial charge in [0.25, 0.3) is 0 Å². The Kier molecular flexibility index (Phi) is 7.10. The Morgan fingerprint density at radius 1 is 1.00 bits per heavy atom. The van der Waals surface area contributed by atoms with Gasteiger partial charge in [-0.15, -0.1) is 5.56 Å². The van der Waals surface area contributed by atoms with Gasteiger partial charge >= 0.3 is 30.0 Å². The zero-order valence-corrected chi connectivity index (χ0v) is 14.4. The topological polar surface area (TPSA) is 9.23 Å². The summed E-state index contributed by atoms with van der Waals surface area (Å²) in [5, 5.41) is 0. The molecule has 0 aromatic heterocycles. The van der Waals surface area contributed by atoms with E-state index in [1.54, 1.807) is 24.3 Å². The van der Waals surface area contributed by atoms with Crippen molar-refractivity contribution in [3.63, 3.8) is 0 Å². The van der Waals surface area contributed by atoms with E-state index in [0.717, 1.165) is 17.7 Å². The summed E-state index contributed by atoms with van der Waals surface area (Å²) >= 11 is 4.25. The molecule has 0 aliphatic heterocycles. The molecule has 0 spiro atoms. The van der Waals surface area contributed by atoms with Crippen molar-refractivity contribution in [2.75, 3.05) is 0 Å². The SMILES string of the molecule is Fc1ccc(OCc2cc[c-]cc2)c(F)c1F.[Zn+][Br]. The van der Waals surface area contributed by atoms with Crippen molar-refractivity contribution in [3.05, 3.63) is 65.5 Å². The van der Waals surface area contributed by atoms with Crippen LogP contribution in [0.1, 0.15) is 5.56 Å². The first kappa shape index (κ1) is 16.2. The van der Waals surface area contributed by atoms with Gasteiger partial charge in [0.15, 0.2) is 17.4 Å². The molecule has 1 nitrogen and oxygen atoms in total. The van der Waals surface area contributed by atoms with Crippen LogP contribution in [0.3, 0.4) is 0 Å². The number of benzene rings is 2. The minimum atomic E-state index is -1.52. The molecule has 2 aromatic rings. The van der Waals surface area contributed by atoms with Gasteiger partial charge in [-0.2, -0.15) is 34.7 Å². The second-order valence-electron chi connectivity index (χ2n) is 3.37. The van der Waals surface area contributed by atoms with E-state index >= 15 is 0 Å². The van der Waals surface area contributed by atoms with Gasteiger partial charge in [0, 0.05) is 0 Å². The fourth-order valence-electron chi connectivity index (χ4n) is 1.30. The molecule has 0 fully saturated rings. The van der Waals surface area contributed by atoms with Crippen LogP contribution >= 0.6 is 13.6 Å². The summed E-state index contributed by atoms with van der Waals surface area (Å²) < 4.78 is 43.8. The molecule has 0 bridgehead atoms. The Labute approximate surface area is 125 Å². The van der Waals surface area contributed by atoms with Crippen molar-refractivity contribution >= 4 is 13.6 Å². The molecule has 2 aromatic carbocycles. The fourth-order valence-corrected chi connectivity index (χ4v) is 1.30. The van der Waals surface area contributed by atoms with Gasteiger partial charge in [0.2, 0.25) is 5.82 Å². The molecule has 0 aliphatic carbocycles. The summed E-state index contributed by atoms with van der Waals surface area (Å²) in [5.74, 6) is -4.38. The molecule has 0 saturated heterocycles. The van der Waals surface area contributed by atoms with Crippen molar-refractivity contribution in [1.29, 1.82) is 0 Å². The quantitative estimate of drug-likeness (QED) is 0.436. The Morgan fingerprint density at radius 2 is 1.63 bits per heavy atom. The molecular weight excluding hydrogens is 374 g/mol. The molecule has 0 saturated carbocycles. The van der Waals surface area contributed by atoms with E-state index in [9.17, 15) is 13.2 Å². The van der Waals surface area contributed by atoms with Crippen LogP contribution in [0.25, 0.3) is 0 Å². The molecule has 0 unspecified atom stereocenters. The Morgan fingerprint density at radius 3 is 2.26 bits per heavy atom. The molecule has 6 heteroatoms. The minimum absolute atomic E-state index is 0.0800. The molecule has 96 valence electrons. The first-order valence-corrected chi connectivity index (χ1v) is 12.1. The molecular formula is C13H8BrF3OZn. The van der Waals surface area contributed by atoms with Crippen LogP contribution in [-0.2, 0) is 22.9 Å². The van der Waals surface area contributed by atoms with E-state index < -0.39 is 17.5 Å². The van der Waals surface area contributed by atoms with Crippen molar-refractivity contribution in [2.45, 2.75) is 6.61 Å². The first-order chi connectivity index (χ1) is 9.18. The van der Waals surface area contributed by atoms with E-state index in [0.29, 0.717) is 0 Å². The van der Waals surface area contributed by atoms with E-state index in [2.05, 4.69) is 19.7 Å². The van der Waals surface area contributed by atoms with Crippen LogP contribution in [0.15, 0.2) is 36.4 Å². The Hall–Kier alpha value is -0.867. The van der Waals surface area contributed by atoms with Gasteiger partial charge in [-0.3, -0.25) is 0 Å². The molecule has 0 atom stereocenters. The molecule has 0 aliphatic rings. The molecule has 19 heavy (non-hydrogen) atoms. The molecule has 2 rings (SSSR count). The van der Waals surface area contributed by atoms with Crippen molar-refractivity contribution in [1.82, 2.24) is 0 Å². The summed E-state index contributed by atoms with van der Waals surface area (Å²) in [6, 6.07) is 11.5. The zero-order valence-electron chi connectivity index (χ0n) is 9.80. The Bertz CT molecular complexity index is 523. The van der Waals surface area contributed by atoms with Crippen molar-refractivity contribution < 1.29 is 34.3 Å². The molecule has 0 radical (unpaired) electrons. The van der Waals surface area contributed by atoms with E-state index in [1.807, 2.05) is 0 Å². The number of hydrogen-bond donors (Lipinski definition) is 0. The summed E-state index contributed by atoms with van der Waals surface area (Å²) in [5.41, 5.74) is 0.785. The molecule has 0 N–H and O–H groups in total. The maximum absolute atomic E-state index is 13.2. The predicted molar refractivity (Wildman–Crippen MR) is 64.9 cm³/mol. The first-order valence-electron chi connectivity index (χ1n) is 5.16. The number of ether oxygens (including phenoxy) is 1. The van der Waals surface area contributed by atoms with Gasteiger partial charge in [0.1, 0.15) is 0 Å². The summed E-state index contributed by atoms with van der Waals surface area (Å²) in [6.07, 6.45) is 0. The van der Waals surface area contributed by atoms with Crippen LogP contribution in [0.4, 0.5) is 13.2 Å². The zero-order chi connectivity index (χ0) is 14.3. The summed E-state index contributed by atoms with van der Waals surface area (Å²) in [7, 11) is 0. The monoisotopic (exact) mass is 380 g/mol. The van der Waals surface area contributed by atoms with Crippen LogP contribution in [0, 0.1) is 23.5 Å². The summed E-state index contributed by atoms with van der Waals surface area (Å²) in [4.78, 5) is 0. The second kappa shape index (κ2) is 8.33. The van der Waals surface area contributed by atoms with Gasteiger partial charge in [-0.1, -0.05) is 0 Å². The number of rotatable bonds is 3. The van der Waals surface area contributed by atoms with Crippen LogP contribution < -0.4 is 4.74 Å². The maximum atomic E-state index is 13.2. The van der Waals surface area contributed by atoms with Crippen molar-refractivity contribution in [2.24, 2.45) is 0 Å². The van der Waals surface area contributed by atoms with Gasteiger partial charge < -0.3 is 4.74 Å². The van der Waals surface area contributed by atoms with Gasteiger partial charge in [0.05, 0.1) is 6.61 Å². The third-order valence-corrected chi connectivity index (χ3v) is 2.18. The molecule has 0 heterocycles. The second-order valence-corrected chi connectivity index (χ2v) is 3.37. The van der Waals surface area contributed by atoms with E-state index in [-0.39, 0.29) is 12.4 Å². The number of halogens is 4. The third-order valence-electron chi connectivity index (χ3n) is 2.18. The van der Waals surface area contributed by atoms with Crippen LogP contribution in [0.2, 0.25) is 0 Å². The standard InChI is InChI=1S/C13H8F3O.BrH.Zn/c14-10-6-7-11(13(16)12(10)15)17-8-9-4-2-1-3-5-9;;/h2-7H,8H2;1H;/q-1;;+2/p-1. The Balaban J connectivity index is 0.000000861. The number of hydrogen-bond acceptors (Lipinski definition) is 1. The average Bonchev–Trinajstić information content (AvgIpc) is 2.47. The van der Waals surface area contributed by atoms with Crippen LogP contribution in [0.5, 0.6) is 5.75 Å². The van der Waals surface area contributed by atoms with E-state index in [1.165, 1.54) is 16.3 Å². The van der Waals surface area contributed by atoms with Gasteiger partial charge in [-0.05, 0) is 12.1 Å². The van der Waals surface area contributed by atoms with Crippen LogP contribution in [-0.4, -0.2) is 0 Å². The normalized spacial score (nSPS) is 9.58. The molecule has 0 amide bonds. The van der Waals surface area contributed by atoms with Crippen molar-refractivity contribution in [3.8, 4) is 5.75 Å². The average molecular weight is 382 g/mol. The van der Waals surface area contributed by atoms with E-state index in [4.69, 9.17) is 4.74 Å². The third kappa shape index (κ3) is 4.62. The fraction of sp³-hybridized carbons (Fsp3) is 0.0769. The van der Waals surface area contributed by atoms with Gasteiger partial charge in [-0.25, -0.2) is 8.78 Å². The predicted octanol–water partition coefficient (Wildman–Crippen LogP) is 4.33. The summed E-state index contributed by atoms with van der Waals surface area (Å²) in [6.45, 7) is 0.0800.